The molecule has 0 saturated heterocycles. The van der Waals surface area contributed by atoms with Gasteiger partial charge in [-0.25, -0.2) is 0 Å². The minimum absolute atomic E-state index is 0.363. The molecule has 0 aliphatic heterocycles. The molecule has 0 bridgehead atoms. The Labute approximate surface area is 106 Å². The van der Waals surface area contributed by atoms with Crippen LogP contribution in [0.1, 0.15) is 64.7 Å². The predicted octanol–water partition coefficient (Wildman–Crippen LogP) is 3.10. The molecule has 2 aliphatic rings. The fourth-order valence-electron chi connectivity index (χ4n) is 3.85. The normalized spacial score (nSPS) is 32.8. The van der Waals surface area contributed by atoms with Gasteiger partial charge in [-0.2, -0.15) is 0 Å². The lowest BCUT2D eigenvalue weighted by Gasteiger charge is -2.38. The fraction of sp³-hybridized carbons (Fsp3) is 1.00. The van der Waals surface area contributed by atoms with Gasteiger partial charge in [0.05, 0.1) is 0 Å². The highest BCUT2D eigenvalue weighted by atomic mass is 16.3. The van der Waals surface area contributed by atoms with Crippen LogP contribution in [0.25, 0.3) is 0 Å². The van der Waals surface area contributed by atoms with Gasteiger partial charge in [0.2, 0.25) is 0 Å². The second kappa shape index (κ2) is 6.19. The minimum atomic E-state index is 0.363. The van der Waals surface area contributed by atoms with Crippen LogP contribution in [0.4, 0.5) is 0 Å². The van der Waals surface area contributed by atoms with E-state index in [2.05, 4.69) is 12.2 Å². The number of aliphatic hydroxyl groups excluding tert-OH is 1. The van der Waals surface area contributed by atoms with E-state index in [4.69, 9.17) is 0 Å². The molecule has 0 aromatic heterocycles. The molecule has 0 aromatic carbocycles. The molecule has 2 saturated carbocycles. The number of nitrogens with one attached hydrogen (secondary N) is 1. The van der Waals surface area contributed by atoms with E-state index in [1.807, 2.05) is 0 Å². The molecule has 2 aliphatic carbocycles. The molecule has 2 rings (SSSR count). The average Bonchev–Trinajstić information content (AvgIpc) is 2.74. The van der Waals surface area contributed by atoms with Crippen molar-refractivity contribution < 1.29 is 5.11 Å². The first-order valence-corrected chi connectivity index (χ1v) is 7.60. The molecule has 0 spiro atoms. The van der Waals surface area contributed by atoms with Crippen LogP contribution in [0.5, 0.6) is 0 Å². The summed E-state index contributed by atoms with van der Waals surface area (Å²) in [7, 11) is 0. The van der Waals surface area contributed by atoms with Gasteiger partial charge >= 0.3 is 0 Å². The SMILES string of the molecule is CC1CCCC1NCC1(CCO)CCCCC1. The van der Waals surface area contributed by atoms with Gasteiger partial charge in [-0.15, -0.1) is 0 Å². The van der Waals surface area contributed by atoms with Crippen molar-refractivity contribution in [2.24, 2.45) is 11.3 Å². The smallest absolute Gasteiger partial charge is 0.0436 e. The van der Waals surface area contributed by atoms with Gasteiger partial charge < -0.3 is 10.4 Å². The van der Waals surface area contributed by atoms with Crippen LogP contribution >= 0.6 is 0 Å². The first kappa shape index (κ1) is 13.4. The molecule has 2 fully saturated rings. The third-order valence-corrected chi connectivity index (χ3v) is 5.16. The summed E-state index contributed by atoms with van der Waals surface area (Å²) in [6.45, 7) is 3.88. The van der Waals surface area contributed by atoms with Gasteiger partial charge in [0.1, 0.15) is 0 Å². The van der Waals surface area contributed by atoms with Gasteiger partial charge in [0.25, 0.3) is 0 Å². The summed E-state index contributed by atoms with van der Waals surface area (Å²) in [4.78, 5) is 0. The summed E-state index contributed by atoms with van der Waals surface area (Å²) >= 11 is 0. The standard InChI is InChI=1S/C15H29NO/c1-13-6-5-7-14(13)16-12-15(10-11-17)8-3-2-4-9-15/h13-14,16-17H,2-12H2,1H3. The van der Waals surface area contributed by atoms with Crippen LogP contribution < -0.4 is 5.32 Å². The quantitative estimate of drug-likeness (QED) is 0.772. The van der Waals surface area contributed by atoms with Gasteiger partial charge in [-0.3, -0.25) is 0 Å². The zero-order chi connectivity index (χ0) is 12.1. The van der Waals surface area contributed by atoms with Gasteiger partial charge in [-0.05, 0) is 43.4 Å². The topological polar surface area (TPSA) is 32.3 Å². The molecular weight excluding hydrogens is 210 g/mol. The first-order valence-electron chi connectivity index (χ1n) is 7.60. The molecule has 0 amide bonds. The van der Waals surface area contributed by atoms with Crippen LogP contribution in [0.2, 0.25) is 0 Å². The zero-order valence-corrected chi connectivity index (χ0v) is 11.4. The molecule has 2 heteroatoms. The molecule has 100 valence electrons. The Morgan fingerprint density at radius 1 is 1.12 bits per heavy atom. The summed E-state index contributed by atoms with van der Waals surface area (Å²) in [5, 5.41) is 13.1. The van der Waals surface area contributed by atoms with E-state index in [1.165, 1.54) is 51.4 Å². The van der Waals surface area contributed by atoms with Gasteiger partial charge in [0.15, 0.2) is 0 Å². The molecule has 0 heterocycles. The van der Waals surface area contributed by atoms with Crippen molar-refractivity contribution in [1.29, 1.82) is 0 Å². The third kappa shape index (κ3) is 3.45. The highest BCUT2D eigenvalue weighted by Crippen LogP contribution is 2.39. The maximum absolute atomic E-state index is 9.30. The van der Waals surface area contributed by atoms with Crippen molar-refractivity contribution in [3.05, 3.63) is 0 Å². The first-order chi connectivity index (χ1) is 8.26. The Bertz CT molecular complexity index is 217. The molecule has 2 N–H and O–H groups in total. The van der Waals surface area contributed by atoms with Crippen molar-refractivity contribution in [2.45, 2.75) is 70.8 Å². The molecule has 0 radical (unpaired) electrons. The molecule has 0 aromatic rings. The second-order valence-electron chi connectivity index (χ2n) is 6.43. The second-order valence-corrected chi connectivity index (χ2v) is 6.43. The molecule has 17 heavy (non-hydrogen) atoms. The van der Waals surface area contributed by atoms with Crippen molar-refractivity contribution in [3.63, 3.8) is 0 Å². The van der Waals surface area contributed by atoms with Crippen molar-refractivity contribution in [2.75, 3.05) is 13.2 Å². The van der Waals surface area contributed by atoms with E-state index in [0.29, 0.717) is 12.0 Å². The fourth-order valence-corrected chi connectivity index (χ4v) is 3.85. The Hall–Kier alpha value is -0.0800. The van der Waals surface area contributed by atoms with Crippen molar-refractivity contribution in [1.82, 2.24) is 5.32 Å². The van der Waals surface area contributed by atoms with E-state index in [-0.39, 0.29) is 0 Å². The van der Waals surface area contributed by atoms with Crippen molar-refractivity contribution >= 4 is 0 Å². The van der Waals surface area contributed by atoms with E-state index in [1.54, 1.807) is 0 Å². The van der Waals surface area contributed by atoms with Crippen LogP contribution in [0.15, 0.2) is 0 Å². The van der Waals surface area contributed by atoms with E-state index in [9.17, 15) is 5.11 Å². The summed E-state index contributed by atoms with van der Waals surface area (Å²) in [5.41, 5.74) is 0.412. The van der Waals surface area contributed by atoms with E-state index >= 15 is 0 Å². The lowest BCUT2D eigenvalue weighted by molar-refractivity contribution is 0.120. The van der Waals surface area contributed by atoms with Gasteiger partial charge in [0, 0.05) is 19.2 Å². The summed E-state index contributed by atoms with van der Waals surface area (Å²) < 4.78 is 0. The largest absolute Gasteiger partial charge is 0.396 e. The van der Waals surface area contributed by atoms with Gasteiger partial charge in [-0.1, -0.05) is 32.6 Å². The highest BCUT2D eigenvalue weighted by Gasteiger charge is 2.33. The third-order valence-electron chi connectivity index (χ3n) is 5.16. The molecular formula is C15H29NO. The van der Waals surface area contributed by atoms with Crippen LogP contribution in [-0.2, 0) is 0 Å². The molecule has 2 nitrogen and oxygen atoms in total. The summed E-state index contributed by atoms with van der Waals surface area (Å²) in [6.07, 6.45) is 11.9. The summed E-state index contributed by atoms with van der Waals surface area (Å²) in [5.74, 6) is 0.852. The average molecular weight is 239 g/mol. The van der Waals surface area contributed by atoms with Crippen molar-refractivity contribution in [3.8, 4) is 0 Å². The van der Waals surface area contributed by atoms with E-state index < -0.39 is 0 Å². The Balaban J connectivity index is 1.84. The number of rotatable bonds is 5. The number of hydrogen-bond acceptors (Lipinski definition) is 2. The van der Waals surface area contributed by atoms with E-state index in [0.717, 1.165) is 24.9 Å². The molecule has 2 unspecified atom stereocenters. The highest BCUT2D eigenvalue weighted by molar-refractivity contribution is 4.88. The Kier molecular flexibility index (Phi) is 4.87. The Morgan fingerprint density at radius 2 is 1.88 bits per heavy atom. The maximum Gasteiger partial charge on any atom is 0.0436 e. The van der Waals surface area contributed by atoms with Crippen LogP contribution in [0, 0.1) is 11.3 Å². The lowest BCUT2D eigenvalue weighted by Crippen LogP contribution is -2.42. The maximum atomic E-state index is 9.30. The predicted molar refractivity (Wildman–Crippen MR) is 72.0 cm³/mol. The minimum Gasteiger partial charge on any atom is -0.396 e. The summed E-state index contributed by atoms with van der Waals surface area (Å²) in [6, 6.07) is 0.743. The number of aliphatic hydroxyl groups is 1. The molecule has 2 atom stereocenters. The Morgan fingerprint density at radius 3 is 2.47 bits per heavy atom. The number of hydrogen-bond donors (Lipinski definition) is 2. The lowest BCUT2D eigenvalue weighted by atomic mass is 9.71. The van der Waals surface area contributed by atoms with Crippen LogP contribution in [-0.4, -0.2) is 24.3 Å². The van der Waals surface area contributed by atoms with Crippen LogP contribution in [0.3, 0.4) is 0 Å². The zero-order valence-electron chi connectivity index (χ0n) is 11.4. The monoisotopic (exact) mass is 239 g/mol.